The predicted molar refractivity (Wildman–Crippen MR) is 73.9 cm³/mol. The van der Waals surface area contributed by atoms with Gasteiger partial charge in [0.15, 0.2) is 0 Å². The molecule has 0 aliphatic carbocycles. The van der Waals surface area contributed by atoms with E-state index < -0.39 is 17.5 Å². The number of ether oxygens (including phenoxy) is 1. The van der Waals surface area contributed by atoms with Gasteiger partial charge in [0.05, 0.1) is 12.6 Å². The Hall–Kier alpha value is -1.69. The van der Waals surface area contributed by atoms with E-state index in [1.54, 1.807) is 6.92 Å². The van der Waals surface area contributed by atoms with Gasteiger partial charge in [-0.1, -0.05) is 6.92 Å². The molecule has 0 saturated heterocycles. The third kappa shape index (κ3) is 4.16. The van der Waals surface area contributed by atoms with Crippen LogP contribution in [0.1, 0.15) is 30.6 Å². The second-order valence-electron chi connectivity index (χ2n) is 4.38. The Balaban J connectivity index is 2.88. The van der Waals surface area contributed by atoms with Gasteiger partial charge in [-0.15, -0.1) is 0 Å². The Morgan fingerprint density at radius 1 is 1.30 bits per heavy atom. The van der Waals surface area contributed by atoms with E-state index in [1.807, 2.05) is 6.92 Å². The topological polar surface area (TPSA) is 50.4 Å². The van der Waals surface area contributed by atoms with Crippen LogP contribution in [0.2, 0.25) is 0 Å². The average Bonchev–Trinajstić information content (AvgIpc) is 2.41. The zero-order chi connectivity index (χ0) is 15.1. The molecule has 0 bridgehead atoms. The van der Waals surface area contributed by atoms with E-state index in [4.69, 9.17) is 4.74 Å². The molecule has 112 valence electrons. The van der Waals surface area contributed by atoms with E-state index in [1.165, 1.54) is 7.11 Å². The molecule has 1 rings (SSSR count). The number of rotatable bonds is 7. The molecule has 1 amide bonds. The van der Waals surface area contributed by atoms with Crippen molar-refractivity contribution in [2.75, 3.05) is 25.6 Å². The summed E-state index contributed by atoms with van der Waals surface area (Å²) in [4.78, 5) is 11.9. The molecule has 0 aromatic heterocycles. The number of benzene rings is 1. The van der Waals surface area contributed by atoms with Crippen molar-refractivity contribution in [2.45, 2.75) is 26.3 Å². The van der Waals surface area contributed by atoms with Crippen molar-refractivity contribution < 1.29 is 18.3 Å². The molecule has 2 N–H and O–H groups in total. The van der Waals surface area contributed by atoms with Crippen LogP contribution in [0.4, 0.5) is 14.5 Å². The van der Waals surface area contributed by atoms with Crippen LogP contribution in [-0.2, 0) is 4.74 Å². The number of carbonyl (C=O) groups is 1. The molecule has 0 radical (unpaired) electrons. The lowest BCUT2D eigenvalue weighted by atomic mass is 10.1. The average molecular weight is 286 g/mol. The smallest absolute Gasteiger partial charge is 0.251 e. The molecule has 1 aromatic rings. The van der Waals surface area contributed by atoms with Gasteiger partial charge in [-0.3, -0.25) is 4.79 Å². The molecule has 1 unspecified atom stereocenters. The van der Waals surface area contributed by atoms with E-state index in [-0.39, 0.29) is 17.3 Å². The van der Waals surface area contributed by atoms with E-state index in [9.17, 15) is 13.6 Å². The summed E-state index contributed by atoms with van der Waals surface area (Å²) in [6.45, 7) is 4.36. The molecule has 1 aromatic carbocycles. The number of hydrogen-bond donors (Lipinski definition) is 2. The Labute approximate surface area is 117 Å². The van der Waals surface area contributed by atoms with Crippen LogP contribution in [0, 0.1) is 11.6 Å². The second-order valence-corrected chi connectivity index (χ2v) is 4.38. The quantitative estimate of drug-likeness (QED) is 0.810. The maximum absolute atomic E-state index is 13.7. The largest absolute Gasteiger partial charge is 0.383 e. The molecule has 0 aliphatic heterocycles. The van der Waals surface area contributed by atoms with Crippen molar-refractivity contribution in [2.24, 2.45) is 0 Å². The molecule has 20 heavy (non-hydrogen) atoms. The van der Waals surface area contributed by atoms with E-state index >= 15 is 0 Å². The highest BCUT2D eigenvalue weighted by molar-refractivity contribution is 5.94. The highest BCUT2D eigenvalue weighted by Crippen LogP contribution is 2.20. The maximum atomic E-state index is 13.7. The van der Waals surface area contributed by atoms with Crippen molar-refractivity contribution in [3.63, 3.8) is 0 Å². The summed E-state index contributed by atoms with van der Waals surface area (Å²) in [6, 6.07) is 1.86. The van der Waals surface area contributed by atoms with Gasteiger partial charge in [-0.05, 0) is 25.5 Å². The van der Waals surface area contributed by atoms with Crippen molar-refractivity contribution in [3.05, 3.63) is 29.3 Å². The summed E-state index contributed by atoms with van der Waals surface area (Å²) in [5, 5.41) is 5.25. The third-order valence-electron chi connectivity index (χ3n) is 2.85. The summed E-state index contributed by atoms with van der Waals surface area (Å²) in [7, 11) is 1.53. The highest BCUT2D eigenvalue weighted by atomic mass is 19.1. The lowest BCUT2D eigenvalue weighted by Gasteiger charge is -2.16. The fourth-order valence-corrected chi connectivity index (χ4v) is 1.78. The summed E-state index contributed by atoms with van der Waals surface area (Å²) in [5.41, 5.74) is -0.260. The molecule has 6 heteroatoms. The van der Waals surface area contributed by atoms with Crippen LogP contribution in [-0.4, -0.2) is 32.2 Å². The van der Waals surface area contributed by atoms with Gasteiger partial charge in [0, 0.05) is 19.2 Å². The first kappa shape index (κ1) is 16.4. The predicted octanol–water partition coefficient (Wildman–Crippen LogP) is 2.55. The van der Waals surface area contributed by atoms with Crippen LogP contribution in [0.3, 0.4) is 0 Å². The number of hydrogen-bond acceptors (Lipinski definition) is 3. The van der Waals surface area contributed by atoms with Crippen molar-refractivity contribution in [1.82, 2.24) is 5.32 Å². The molecular weight excluding hydrogens is 266 g/mol. The fraction of sp³-hybridized carbons (Fsp3) is 0.500. The maximum Gasteiger partial charge on any atom is 0.251 e. The van der Waals surface area contributed by atoms with Crippen LogP contribution in [0.25, 0.3) is 0 Å². The Bertz CT molecular complexity index is 443. The Morgan fingerprint density at radius 3 is 2.35 bits per heavy atom. The van der Waals surface area contributed by atoms with Crippen LogP contribution < -0.4 is 10.6 Å². The summed E-state index contributed by atoms with van der Waals surface area (Å²) in [6.07, 6.45) is 0.667. The molecule has 0 aliphatic rings. The number of amides is 1. The van der Waals surface area contributed by atoms with Crippen LogP contribution >= 0.6 is 0 Å². The lowest BCUT2D eigenvalue weighted by molar-refractivity contribution is 0.0894. The van der Waals surface area contributed by atoms with Crippen molar-refractivity contribution in [3.8, 4) is 0 Å². The molecule has 0 spiro atoms. The molecular formula is C14H20F2N2O2. The number of halogens is 2. The minimum Gasteiger partial charge on any atom is -0.383 e. The van der Waals surface area contributed by atoms with Crippen molar-refractivity contribution in [1.29, 1.82) is 0 Å². The van der Waals surface area contributed by atoms with Crippen molar-refractivity contribution >= 4 is 11.6 Å². The van der Waals surface area contributed by atoms with E-state index in [2.05, 4.69) is 10.6 Å². The first-order valence-corrected chi connectivity index (χ1v) is 6.56. The SMILES string of the molecule is CCNc1c(F)cc(C(=O)NC(CC)COC)cc1F. The first-order valence-electron chi connectivity index (χ1n) is 6.56. The molecule has 1 atom stereocenters. The normalized spacial score (nSPS) is 12.1. The molecule has 4 nitrogen and oxygen atoms in total. The zero-order valence-electron chi connectivity index (χ0n) is 11.9. The van der Waals surface area contributed by atoms with Gasteiger partial charge >= 0.3 is 0 Å². The monoisotopic (exact) mass is 286 g/mol. The highest BCUT2D eigenvalue weighted by Gasteiger charge is 2.17. The van der Waals surface area contributed by atoms with E-state index in [0.29, 0.717) is 19.6 Å². The number of carbonyl (C=O) groups excluding carboxylic acids is 1. The van der Waals surface area contributed by atoms with E-state index in [0.717, 1.165) is 12.1 Å². The second kappa shape index (κ2) is 7.79. The van der Waals surface area contributed by atoms with Gasteiger partial charge < -0.3 is 15.4 Å². The van der Waals surface area contributed by atoms with Gasteiger partial charge in [0.25, 0.3) is 5.91 Å². The Kier molecular flexibility index (Phi) is 6.38. The Morgan fingerprint density at radius 2 is 1.90 bits per heavy atom. The third-order valence-corrected chi connectivity index (χ3v) is 2.85. The van der Waals surface area contributed by atoms with Gasteiger partial charge in [0.1, 0.15) is 17.3 Å². The van der Waals surface area contributed by atoms with Crippen LogP contribution in [0.15, 0.2) is 12.1 Å². The summed E-state index contributed by atoms with van der Waals surface area (Å²) < 4.78 is 32.4. The first-order chi connectivity index (χ1) is 9.53. The molecule has 0 heterocycles. The number of methoxy groups -OCH3 is 1. The van der Waals surface area contributed by atoms with Gasteiger partial charge in [0.2, 0.25) is 0 Å². The minimum absolute atomic E-state index is 0.0452. The standard InChI is InChI=1S/C14H20F2N2O2/c1-4-10(8-20-3)18-14(19)9-6-11(15)13(17-5-2)12(16)7-9/h6-7,10,17H,4-5,8H2,1-3H3,(H,18,19). The number of nitrogens with one attached hydrogen (secondary N) is 2. The fourth-order valence-electron chi connectivity index (χ4n) is 1.78. The van der Waals surface area contributed by atoms with Crippen LogP contribution in [0.5, 0.6) is 0 Å². The zero-order valence-corrected chi connectivity index (χ0v) is 11.9. The summed E-state index contributed by atoms with van der Waals surface area (Å²) >= 11 is 0. The number of anilines is 1. The molecule has 0 fully saturated rings. The van der Waals surface area contributed by atoms with Gasteiger partial charge in [-0.2, -0.15) is 0 Å². The molecule has 0 saturated carbocycles. The summed E-state index contributed by atoms with van der Waals surface area (Å²) in [5.74, 6) is -2.08. The lowest BCUT2D eigenvalue weighted by Crippen LogP contribution is -2.37. The minimum atomic E-state index is -0.781. The van der Waals surface area contributed by atoms with Gasteiger partial charge in [-0.25, -0.2) is 8.78 Å².